The van der Waals surface area contributed by atoms with E-state index < -0.39 is 0 Å². The Labute approximate surface area is 188 Å². The van der Waals surface area contributed by atoms with Crippen molar-refractivity contribution in [2.45, 2.75) is 45.3 Å². The number of amides is 1. The van der Waals surface area contributed by atoms with Gasteiger partial charge in [-0.3, -0.25) is 9.59 Å². The zero-order chi connectivity index (χ0) is 22.2. The number of hydrogen-bond acceptors (Lipinski definition) is 5. The summed E-state index contributed by atoms with van der Waals surface area (Å²) in [6.45, 7) is 6.34. The number of ether oxygens (including phenoxy) is 1. The summed E-state index contributed by atoms with van der Waals surface area (Å²) in [6, 6.07) is 9.09. The fraction of sp³-hybridized carbons (Fsp3) is 0.348. The first kappa shape index (κ1) is 21.5. The van der Waals surface area contributed by atoms with E-state index >= 15 is 0 Å². The van der Waals surface area contributed by atoms with Gasteiger partial charge < -0.3 is 19.6 Å². The summed E-state index contributed by atoms with van der Waals surface area (Å²) in [5.41, 5.74) is 2.10. The molecule has 0 spiro atoms. The van der Waals surface area contributed by atoms with Gasteiger partial charge in [-0.2, -0.15) is 0 Å². The molecule has 7 nitrogen and oxygen atoms in total. The molecule has 8 heteroatoms. The SMILES string of the molecule is Cc1onc(-c2ccc(Br)cc2)c1C(=O)c1c[nH]c(C(=O)NC2CCOC(C)(C)C2)c1. The van der Waals surface area contributed by atoms with Crippen molar-refractivity contribution in [3.8, 4) is 11.3 Å². The van der Waals surface area contributed by atoms with Gasteiger partial charge in [0.05, 0.1) is 11.2 Å². The van der Waals surface area contributed by atoms with Crippen molar-refractivity contribution in [3.05, 3.63) is 63.6 Å². The summed E-state index contributed by atoms with van der Waals surface area (Å²) < 4.78 is 11.9. The summed E-state index contributed by atoms with van der Waals surface area (Å²) in [5.74, 6) is -0.0596. The van der Waals surface area contributed by atoms with Crippen LogP contribution in [-0.4, -0.2) is 40.1 Å². The number of H-pyrrole nitrogens is 1. The highest BCUT2D eigenvalue weighted by atomic mass is 79.9. The predicted molar refractivity (Wildman–Crippen MR) is 119 cm³/mol. The molecule has 0 radical (unpaired) electrons. The van der Waals surface area contributed by atoms with E-state index in [1.165, 1.54) is 0 Å². The van der Waals surface area contributed by atoms with Gasteiger partial charge in [0.25, 0.3) is 5.91 Å². The molecule has 0 aliphatic carbocycles. The van der Waals surface area contributed by atoms with Gasteiger partial charge in [0.2, 0.25) is 0 Å². The van der Waals surface area contributed by atoms with E-state index in [9.17, 15) is 9.59 Å². The van der Waals surface area contributed by atoms with Crippen LogP contribution in [0.1, 0.15) is 58.9 Å². The number of halogens is 1. The Hall–Kier alpha value is -2.71. The van der Waals surface area contributed by atoms with E-state index in [2.05, 4.69) is 31.4 Å². The van der Waals surface area contributed by atoms with E-state index in [1.807, 2.05) is 38.1 Å². The molecule has 1 fully saturated rings. The third-order valence-electron chi connectivity index (χ3n) is 5.43. The third kappa shape index (κ3) is 4.65. The lowest BCUT2D eigenvalue weighted by Gasteiger charge is -2.35. The molecule has 162 valence electrons. The Bertz CT molecular complexity index is 1110. The molecule has 1 aromatic carbocycles. The summed E-state index contributed by atoms with van der Waals surface area (Å²) in [5, 5.41) is 7.12. The molecule has 0 bridgehead atoms. The highest BCUT2D eigenvalue weighted by molar-refractivity contribution is 9.10. The van der Waals surface area contributed by atoms with Gasteiger partial charge in [0.1, 0.15) is 17.1 Å². The Morgan fingerprint density at radius 2 is 2.00 bits per heavy atom. The van der Waals surface area contributed by atoms with Crippen molar-refractivity contribution in [1.82, 2.24) is 15.5 Å². The Morgan fingerprint density at radius 3 is 2.71 bits per heavy atom. The average Bonchev–Trinajstić information content (AvgIpc) is 3.35. The van der Waals surface area contributed by atoms with Gasteiger partial charge in [-0.1, -0.05) is 33.2 Å². The highest BCUT2D eigenvalue weighted by Crippen LogP contribution is 2.29. The molecular weight excluding hydrogens is 462 g/mol. The molecule has 0 saturated carbocycles. The van der Waals surface area contributed by atoms with Crippen molar-refractivity contribution < 1.29 is 18.8 Å². The van der Waals surface area contributed by atoms with E-state index in [0.29, 0.717) is 34.9 Å². The number of benzene rings is 1. The van der Waals surface area contributed by atoms with Crippen LogP contribution in [0.3, 0.4) is 0 Å². The van der Waals surface area contributed by atoms with Crippen LogP contribution in [0.4, 0.5) is 0 Å². The molecule has 4 rings (SSSR count). The van der Waals surface area contributed by atoms with Crippen LogP contribution in [0.15, 0.2) is 45.5 Å². The van der Waals surface area contributed by atoms with Gasteiger partial charge in [-0.25, -0.2) is 0 Å². The largest absolute Gasteiger partial charge is 0.375 e. The minimum Gasteiger partial charge on any atom is -0.375 e. The lowest BCUT2D eigenvalue weighted by molar-refractivity contribution is -0.0615. The normalized spacial score (nSPS) is 18.0. The molecule has 1 atom stereocenters. The maximum Gasteiger partial charge on any atom is 0.267 e. The molecule has 2 aromatic heterocycles. The Balaban J connectivity index is 1.53. The van der Waals surface area contributed by atoms with E-state index in [0.717, 1.165) is 22.9 Å². The van der Waals surface area contributed by atoms with Crippen LogP contribution in [0.5, 0.6) is 0 Å². The molecule has 1 unspecified atom stereocenters. The summed E-state index contributed by atoms with van der Waals surface area (Å²) in [4.78, 5) is 28.9. The van der Waals surface area contributed by atoms with Crippen LogP contribution < -0.4 is 5.32 Å². The number of nitrogens with zero attached hydrogens (tertiary/aromatic N) is 1. The number of rotatable bonds is 5. The van der Waals surface area contributed by atoms with Gasteiger partial charge in [-0.15, -0.1) is 0 Å². The average molecular weight is 486 g/mol. The van der Waals surface area contributed by atoms with Crippen molar-refractivity contribution in [3.63, 3.8) is 0 Å². The molecule has 2 N–H and O–H groups in total. The molecule has 3 aromatic rings. The lowest BCUT2D eigenvalue weighted by atomic mass is 9.94. The predicted octanol–water partition coefficient (Wildman–Crippen LogP) is 4.66. The molecule has 31 heavy (non-hydrogen) atoms. The first-order valence-electron chi connectivity index (χ1n) is 10.1. The number of aromatic nitrogens is 2. The first-order chi connectivity index (χ1) is 14.7. The highest BCUT2D eigenvalue weighted by Gasteiger charge is 2.30. The quantitative estimate of drug-likeness (QED) is 0.512. The van der Waals surface area contributed by atoms with Crippen molar-refractivity contribution >= 4 is 27.6 Å². The Morgan fingerprint density at radius 1 is 1.26 bits per heavy atom. The second-order valence-electron chi connectivity index (χ2n) is 8.37. The van der Waals surface area contributed by atoms with Gasteiger partial charge in [-0.05, 0) is 51.8 Å². The molecule has 1 amide bonds. The first-order valence-corrected chi connectivity index (χ1v) is 10.9. The molecule has 1 aliphatic heterocycles. The second-order valence-corrected chi connectivity index (χ2v) is 9.29. The standard InChI is InChI=1S/C23H24BrN3O4/c1-13-19(20(27-31-13)14-4-6-16(24)7-5-14)21(28)15-10-18(25-12-15)22(29)26-17-8-9-30-23(2,3)11-17/h4-7,10,12,17,25H,8-9,11H2,1-3H3,(H,26,29). The van der Waals surface area contributed by atoms with Crippen LogP contribution >= 0.6 is 15.9 Å². The zero-order valence-corrected chi connectivity index (χ0v) is 19.2. The number of carbonyl (C=O) groups excluding carboxylic acids is 2. The number of hydrogen-bond donors (Lipinski definition) is 2. The van der Waals surface area contributed by atoms with Crippen LogP contribution in [0.2, 0.25) is 0 Å². The van der Waals surface area contributed by atoms with Gasteiger partial charge in [0, 0.05) is 34.4 Å². The second kappa shape index (κ2) is 8.43. The van der Waals surface area contributed by atoms with Crippen LogP contribution in [0.25, 0.3) is 11.3 Å². The summed E-state index contributed by atoms with van der Waals surface area (Å²) >= 11 is 3.41. The topological polar surface area (TPSA) is 97.2 Å². The fourth-order valence-corrected chi connectivity index (χ4v) is 4.13. The summed E-state index contributed by atoms with van der Waals surface area (Å²) in [7, 11) is 0. The number of ketones is 1. The monoisotopic (exact) mass is 485 g/mol. The number of nitrogens with one attached hydrogen (secondary N) is 2. The molecule has 1 aliphatic rings. The number of carbonyl (C=O) groups is 2. The fourth-order valence-electron chi connectivity index (χ4n) is 3.86. The third-order valence-corrected chi connectivity index (χ3v) is 5.96. The smallest absolute Gasteiger partial charge is 0.267 e. The van der Waals surface area contributed by atoms with E-state index in [4.69, 9.17) is 9.26 Å². The van der Waals surface area contributed by atoms with Crippen LogP contribution in [-0.2, 0) is 4.74 Å². The van der Waals surface area contributed by atoms with E-state index in [-0.39, 0.29) is 23.3 Å². The van der Waals surface area contributed by atoms with Gasteiger partial charge in [0.15, 0.2) is 5.78 Å². The maximum absolute atomic E-state index is 13.2. The minimum atomic E-state index is -0.262. The maximum atomic E-state index is 13.2. The summed E-state index contributed by atoms with van der Waals surface area (Å²) in [6.07, 6.45) is 3.04. The van der Waals surface area contributed by atoms with Crippen molar-refractivity contribution in [2.24, 2.45) is 0 Å². The zero-order valence-electron chi connectivity index (χ0n) is 17.6. The number of aromatic amines is 1. The molecule has 1 saturated heterocycles. The van der Waals surface area contributed by atoms with Crippen molar-refractivity contribution in [1.29, 1.82) is 0 Å². The Kier molecular flexibility index (Phi) is 5.85. The van der Waals surface area contributed by atoms with E-state index in [1.54, 1.807) is 19.2 Å². The van der Waals surface area contributed by atoms with Crippen molar-refractivity contribution in [2.75, 3.05) is 6.61 Å². The molecular formula is C23H24BrN3O4. The molecule has 3 heterocycles. The number of aryl methyl sites for hydroxylation is 1. The van der Waals surface area contributed by atoms with Gasteiger partial charge >= 0.3 is 0 Å². The minimum absolute atomic E-state index is 0.0306. The van der Waals surface area contributed by atoms with Crippen LogP contribution in [0, 0.1) is 6.92 Å². The lowest BCUT2D eigenvalue weighted by Crippen LogP contribution is -2.45.